The van der Waals surface area contributed by atoms with Crippen molar-refractivity contribution in [2.75, 3.05) is 25.1 Å². The monoisotopic (exact) mass is 420 g/mol. The van der Waals surface area contributed by atoms with Crippen LogP contribution in [0.2, 0.25) is 0 Å². The van der Waals surface area contributed by atoms with Crippen molar-refractivity contribution in [1.82, 2.24) is 4.90 Å². The third kappa shape index (κ3) is 4.74. The first-order valence-corrected chi connectivity index (χ1v) is 11.3. The molecule has 0 spiro atoms. The van der Waals surface area contributed by atoms with E-state index in [1.165, 1.54) is 22.5 Å². The molecule has 4 rings (SSSR count). The quantitative estimate of drug-likeness (QED) is 0.537. The summed E-state index contributed by atoms with van der Waals surface area (Å²) in [4.78, 5) is 18.6. The van der Waals surface area contributed by atoms with Gasteiger partial charge in [-0.1, -0.05) is 42.0 Å². The van der Waals surface area contributed by atoms with Gasteiger partial charge in [0.25, 0.3) is 5.91 Å². The first-order chi connectivity index (χ1) is 14.6. The van der Waals surface area contributed by atoms with Crippen molar-refractivity contribution < 1.29 is 9.53 Å². The third-order valence-electron chi connectivity index (χ3n) is 5.73. The average Bonchev–Trinajstić information content (AvgIpc) is 3.32. The molecule has 3 aromatic rings. The molecule has 1 fully saturated rings. The second kappa shape index (κ2) is 9.45. The molecule has 0 N–H and O–H groups in total. The molecule has 2 aromatic carbocycles. The fourth-order valence-electron chi connectivity index (χ4n) is 4.06. The normalized spacial score (nSPS) is 15.1. The SMILES string of the molecule is COc1cccc(N(C(=O)c2cccs2)C2CCN(Cc3ccc(C)cc3)CC2)c1. The Balaban J connectivity index is 1.50. The highest BCUT2D eigenvalue weighted by Crippen LogP contribution is 2.30. The molecule has 1 aliphatic heterocycles. The van der Waals surface area contributed by atoms with Gasteiger partial charge in [-0.25, -0.2) is 0 Å². The average molecular weight is 421 g/mol. The van der Waals surface area contributed by atoms with E-state index in [0.29, 0.717) is 0 Å². The number of aryl methyl sites for hydroxylation is 1. The lowest BCUT2D eigenvalue weighted by atomic mass is 10.0. The van der Waals surface area contributed by atoms with Crippen LogP contribution in [-0.4, -0.2) is 37.0 Å². The maximum absolute atomic E-state index is 13.4. The number of rotatable bonds is 6. The number of likely N-dealkylation sites (tertiary alicyclic amines) is 1. The zero-order valence-corrected chi connectivity index (χ0v) is 18.4. The summed E-state index contributed by atoms with van der Waals surface area (Å²) in [6, 6.07) is 20.6. The molecule has 2 heterocycles. The first kappa shape index (κ1) is 20.6. The Bertz CT molecular complexity index is 961. The third-order valence-corrected chi connectivity index (χ3v) is 6.59. The molecular formula is C25H28N2O2S. The second-order valence-corrected chi connectivity index (χ2v) is 8.79. The highest BCUT2D eigenvalue weighted by atomic mass is 32.1. The van der Waals surface area contributed by atoms with Crippen LogP contribution in [0, 0.1) is 6.92 Å². The number of benzene rings is 2. The van der Waals surface area contributed by atoms with E-state index in [1.807, 2.05) is 46.7 Å². The number of hydrogen-bond donors (Lipinski definition) is 0. The van der Waals surface area contributed by atoms with Gasteiger partial charge >= 0.3 is 0 Å². The van der Waals surface area contributed by atoms with Crippen molar-refractivity contribution in [1.29, 1.82) is 0 Å². The Morgan fingerprint density at radius 3 is 2.53 bits per heavy atom. The van der Waals surface area contributed by atoms with Gasteiger partial charge in [-0.15, -0.1) is 11.3 Å². The summed E-state index contributed by atoms with van der Waals surface area (Å²) in [6.07, 6.45) is 1.92. The van der Waals surface area contributed by atoms with Crippen molar-refractivity contribution in [3.63, 3.8) is 0 Å². The van der Waals surface area contributed by atoms with Gasteiger partial charge in [-0.2, -0.15) is 0 Å². The van der Waals surface area contributed by atoms with Crippen molar-refractivity contribution in [2.24, 2.45) is 0 Å². The molecular weight excluding hydrogens is 392 g/mol. The first-order valence-electron chi connectivity index (χ1n) is 10.4. The van der Waals surface area contributed by atoms with Crippen molar-refractivity contribution in [3.05, 3.63) is 82.0 Å². The molecule has 0 unspecified atom stereocenters. The number of methoxy groups -OCH3 is 1. The number of piperidine rings is 1. The molecule has 1 aliphatic rings. The Morgan fingerprint density at radius 1 is 1.10 bits per heavy atom. The van der Waals surface area contributed by atoms with E-state index in [2.05, 4.69) is 36.1 Å². The summed E-state index contributed by atoms with van der Waals surface area (Å²) in [5.41, 5.74) is 3.54. The number of carbonyl (C=O) groups excluding carboxylic acids is 1. The number of amides is 1. The molecule has 0 bridgehead atoms. The van der Waals surface area contributed by atoms with Crippen molar-refractivity contribution >= 4 is 22.9 Å². The van der Waals surface area contributed by atoms with Gasteiger partial charge in [-0.05, 0) is 48.9 Å². The summed E-state index contributed by atoms with van der Waals surface area (Å²) in [5, 5.41) is 1.96. The zero-order valence-electron chi connectivity index (χ0n) is 17.6. The highest BCUT2D eigenvalue weighted by Gasteiger charge is 2.30. The van der Waals surface area contributed by atoms with Crippen LogP contribution < -0.4 is 9.64 Å². The van der Waals surface area contributed by atoms with E-state index in [9.17, 15) is 4.79 Å². The fourth-order valence-corrected chi connectivity index (χ4v) is 4.72. The van der Waals surface area contributed by atoms with Gasteiger partial charge < -0.3 is 9.64 Å². The Morgan fingerprint density at radius 2 is 1.87 bits per heavy atom. The minimum absolute atomic E-state index is 0.0789. The molecule has 30 heavy (non-hydrogen) atoms. The highest BCUT2D eigenvalue weighted by molar-refractivity contribution is 7.12. The molecule has 1 amide bonds. The summed E-state index contributed by atoms with van der Waals surface area (Å²) < 4.78 is 5.41. The van der Waals surface area contributed by atoms with E-state index in [1.54, 1.807) is 7.11 Å². The van der Waals surface area contributed by atoms with Gasteiger partial charge in [0.05, 0.1) is 12.0 Å². The maximum Gasteiger partial charge on any atom is 0.268 e. The van der Waals surface area contributed by atoms with Crippen LogP contribution in [0.1, 0.15) is 33.6 Å². The van der Waals surface area contributed by atoms with Crippen LogP contribution in [0.25, 0.3) is 0 Å². The van der Waals surface area contributed by atoms with Gasteiger partial charge in [0.1, 0.15) is 5.75 Å². The summed E-state index contributed by atoms with van der Waals surface area (Å²) in [6.45, 7) is 5.05. The fraction of sp³-hybridized carbons (Fsp3) is 0.320. The Kier molecular flexibility index (Phi) is 6.50. The molecule has 1 aromatic heterocycles. The number of ether oxygens (including phenoxy) is 1. The summed E-state index contributed by atoms with van der Waals surface area (Å²) in [7, 11) is 1.66. The second-order valence-electron chi connectivity index (χ2n) is 7.85. The van der Waals surface area contributed by atoms with Gasteiger partial charge in [0.15, 0.2) is 0 Å². The van der Waals surface area contributed by atoms with Gasteiger partial charge in [0.2, 0.25) is 0 Å². The van der Waals surface area contributed by atoms with Crippen molar-refractivity contribution in [2.45, 2.75) is 32.4 Å². The molecule has 4 nitrogen and oxygen atoms in total. The van der Waals surface area contributed by atoms with E-state index in [4.69, 9.17) is 4.74 Å². The summed E-state index contributed by atoms with van der Waals surface area (Å²) in [5.74, 6) is 0.850. The Hall–Kier alpha value is -2.63. The van der Waals surface area contributed by atoms with E-state index < -0.39 is 0 Å². The number of carbonyl (C=O) groups is 1. The molecule has 5 heteroatoms. The molecule has 0 radical (unpaired) electrons. The van der Waals surface area contributed by atoms with Crippen LogP contribution in [0.5, 0.6) is 5.75 Å². The van der Waals surface area contributed by atoms with E-state index in [0.717, 1.165) is 48.8 Å². The zero-order chi connectivity index (χ0) is 20.9. The summed E-state index contributed by atoms with van der Waals surface area (Å²) >= 11 is 1.50. The van der Waals surface area contributed by atoms with Crippen LogP contribution in [0.15, 0.2) is 66.0 Å². The predicted molar refractivity (Wildman–Crippen MR) is 124 cm³/mol. The lowest BCUT2D eigenvalue weighted by Gasteiger charge is -2.38. The molecule has 156 valence electrons. The molecule has 0 saturated carbocycles. The van der Waals surface area contributed by atoms with Gasteiger partial charge in [-0.3, -0.25) is 9.69 Å². The van der Waals surface area contributed by atoms with Gasteiger partial charge in [0, 0.05) is 37.4 Å². The van der Waals surface area contributed by atoms with Crippen LogP contribution >= 0.6 is 11.3 Å². The Labute approximate surface area is 182 Å². The minimum atomic E-state index is 0.0789. The number of hydrogen-bond acceptors (Lipinski definition) is 4. The molecule has 0 aliphatic carbocycles. The van der Waals surface area contributed by atoms with Crippen LogP contribution in [0.4, 0.5) is 5.69 Å². The largest absolute Gasteiger partial charge is 0.497 e. The topological polar surface area (TPSA) is 32.8 Å². The number of nitrogens with zero attached hydrogens (tertiary/aromatic N) is 2. The molecule has 1 saturated heterocycles. The lowest BCUT2D eigenvalue weighted by molar-refractivity contribution is 0.0962. The van der Waals surface area contributed by atoms with Crippen LogP contribution in [-0.2, 0) is 6.54 Å². The maximum atomic E-state index is 13.4. The lowest BCUT2D eigenvalue weighted by Crippen LogP contribution is -2.47. The van der Waals surface area contributed by atoms with Crippen molar-refractivity contribution in [3.8, 4) is 5.75 Å². The number of anilines is 1. The standard InChI is InChI=1S/C25H28N2O2S/c1-19-8-10-20(11-9-19)18-26-14-12-21(13-15-26)27(25(28)24-7-4-16-30-24)22-5-3-6-23(17-22)29-2/h3-11,16-17,21H,12-15,18H2,1-2H3. The number of thiophene rings is 1. The minimum Gasteiger partial charge on any atom is -0.497 e. The smallest absolute Gasteiger partial charge is 0.268 e. The van der Waals surface area contributed by atoms with Crippen LogP contribution in [0.3, 0.4) is 0 Å². The molecule has 0 atom stereocenters. The van der Waals surface area contributed by atoms with E-state index >= 15 is 0 Å². The predicted octanol–water partition coefficient (Wildman–Crippen LogP) is 5.38. The van der Waals surface area contributed by atoms with E-state index in [-0.39, 0.29) is 11.9 Å².